The summed E-state index contributed by atoms with van der Waals surface area (Å²) in [5.74, 6) is 1.13. The Morgan fingerprint density at radius 1 is 1.17 bits per heavy atom. The lowest BCUT2D eigenvalue weighted by atomic mass is 9.80. The topological polar surface area (TPSA) is 76.8 Å². The molecule has 1 aromatic heterocycles. The summed E-state index contributed by atoms with van der Waals surface area (Å²) >= 11 is 0. The van der Waals surface area contributed by atoms with Crippen LogP contribution in [0.2, 0.25) is 0 Å². The predicted molar refractivity (Wildman–Crippen MR) is 112 cm³/mol. The molecule has 1 aromatic carbocycles. The molecular weight excluding hydrogens is 389 g/mol. The number of hydrogen-bond donors (Lipinski definition) is 1. The van der Waals surface area contributed by atoms with Crippen LogP contribution in [0.4, 0.5) is 0 Å². The maximum Gasteiger partial charge on any atom is 0.494 e. The van der Waals surface area contributed by atoms with Crippen LogP contribution in [0.15, 0.2) is 36.5 Å². The van der Waals surface area contributed by atoms with Crippen LogP contribution in [0.25, 0.3) is 0 Å². The van der Waals surface area contributed by atoms with Gasteiger partial charge in [0.2, 0.25) is 0 Å². The van der Waals surface area contributed by atoms with Crippen molar-refractivity contribution in [1.29, 1.82) is 0 Å². The number of para-hydroxylation sites is 1. The van der Waals surface area contributed by atoms with Gasteiger partial charge in [-0.1, -0.05) is 25.1 Å². The summed E-state index contributed by atoms with van der Waals surface area (Å²) < 4.78 is 28.0. The fraction of sp³-hybridized carbons (Fsp3) is 0.571. The Morgan fingerprint density at radius 2 is 1.76 bits per heavy atom. The summed E-state index contributed by atoms with van der Waals surface area (Å²) in [5.41, 5.74) is -0.293. The van der Waals surface area contributed by atoms with Crippen LogP contribution in [-0.2, 0) is 15.5 Å². The number of benzene rings is 1. The molecule has 8 heteroatoms. The maximum atomic E-state index is 14.2. The molecule has 0 aliphatic carbocycles. The third-order valence-corrected chi connectivity index (χ3v) is 7.19. The van der Waals surface area contributed by atoms with E-state index in [1.165, 1.54) is 5.06 Å². The second-order valence-electron chi connectivity index (χ2n) is 8.94. The Kier molecular flexibility index (Phi) is 5.98. The van der Waals surface area contributed by atoms with Gasteiger partial charge in [0.1, 0.15) is 11.6 Å². The molecule has 1 atom stereocenters. The van der Waals surface area contributed by atoms with Crippen LogP contribution in [0.3, 0.4) is 0 Å². The first-order chi connectivity index (χ1) is 13.5. The van der Waals surface area contributed by atoms with Crippen molar-refractivity contribution in [3.8, 4) is 5.75 Å². The fourth-order valence-corrected chi connectivity index (χ4v) is 6.08. The monoisotopic (exact) mass is 421 g/mol. The van der Waals surface area contributed by atoms with E-state index >= 15 is 0 Å². The van der Waals surface area contributed by atoms with E-state index in [4.69, 9.17) is 9.05 Å². The lowest BCUT2D eigenvalue weighted by Gasteiger charge is -2.51. The molecule has 0 unspecified atom stereocenters. The largest absolute Gasteiger partial charge is 0.494 e. The molecule has 1 aliphatic rings. The average Bonchev–Trinajstić information content (AvgIpc) is 3.02. The Hall–Kier alpha value is -1.66. The van der Waals surface area contributed by atoms with Gasteiger partial charge in [0, 0.05) is 23.7 Å². The van der Waals surface area contributed by atoms with E-state index < -0.39 is 18.8 Å². The molecule has 7 nitrogen and oxygen atoms in total. The number of rotatable bonds is 6. The molecule has 0 bridgehead atoms. The molecule has 2 heterocycles. The molecule has 0 saturated carbocycles. The molecule has 29 heavy (non-hydrogen) atoms. The second-order valence-corrected chi connectivity index (χ2v) is 10.7. The number of aromatic nitrogens is 2. The number of piperidine rings is 1. The Bertz CT molecular complexity index is 877. The number of hydrogen-bond acceptors (Lipinski definition) is 6. The number of aryl methyl sites for hydroxylation is 2. The van der Waals surface area contributed by atoms with Crippen LogP contribution < -0.4 is 4.52 Å². The summed E-state index contributed by atoms with van der Waals surface area (Å²) in [6, 6.07) is 9.05. The fourth-order valence-electron chi connectivity index (χ4n) is 4.16. The van der Waals surface area contributed by atoms with Crippen LogP contribution in [0.5, 0.6) is 5.75 Å². The van der Waals surface area contributed by atoms with Gasteiger partial charge in [0.25, 0.3) is 0 Å². The number of imidazole rings is 1. The molecule has 0 spiro atoms. The van der Waals surface area contributed by atoms with Crippen LogP contribution in [0, 0.1) is 6.92 Å². The summed E-state index contributed by atoms with van der Waals surface area (Å²) in [7, 11) is -3.77. The van der Waals surface area contributed by atoms with Gasteiger partial charge in [-0.25, -0.2) is 13.9 Å². The van der Waals surface area contributed by atoms with E-state index in [0.717, 1.165) is 5.69 Å². The minimum absolute atomic E-state index is 0.356. The number of hydroxylamine groups is 2. The minimum Gasteiger partial charge on any atom is -0.409 e. The van der Waals surface area contributed by atoms with Crippen LogP contribution in [0.1, 0.15) is 59.0 Å². The predicted octanol–water partition coefficient (Wildman–Crippen LogP) is 5.22. The van der Waals surface area contributed by atoms with Crippen molar-refractivity contribution in [2.75, 3.05) is 0 Å². The van der Waals surface area contributed by atoms with Gasteiger partial charge in [0.05, 0.1) is 11.8 Å². The minimum atomic E-state index is -3.77. The molecular formula is C21H32N3O4P. The van der Waals surface area contributed by atoms with E-state index in [1.54, 1.807) is 22.7 Å². The van der Waals surface area contributed by atoms with Crippen molar-refractivity contribution in [1.82, 2.24) is 14.4 Å². The normalized spacial score (nSPS) is 21.6. The highest BCUT2D eigenvalue weighted by Gasteiger charge is 2.48. The molecule has 3 rings (SSSR count). The second kappa shape index (κ2) is 7.88. The zero-order valence-electron chi connectivity index (χ0n) is 18.1. The number of nitrogens with zero attached hydrogens (tertiary/aromatic N) is 3. The molecule has 0 amide bonds. The summed E-state index contributed by atoms with van der Waals surface area (Å²) in [6.07, 6.45) is 3.00. The first-order valence-electron chi connectivity index (χ1n) is 10.0. The molecule has 1 saturated heterocycles. The van der Waals surface area contributed by atoms with Gasteiger partial charge in [0.15, 0.2) is 0 Å². The van der Waals surface area contributed by atoms with Crippen LogP contribution in [-0.4, -0.2) is 36.8 Å². The first-order valence-corrected chi connectivity index (χ1v) is 11.5. The average molecular weight is 421 g/mol. The van der Waals surface area contributed by atoms with Crippen molar-refractivity contribution >= 4 is 7.75 Å². The Balaban J connectivity index is 1.99. The van der Waals surface area contributed by atoms with Crippen LogP contribution >= 0.6 is 7.75 Å². The smallest absolute Gasteiger partial charge is 0.409 e. The zero-order valence-corrected chi connectivity index (χ0v) is 19.0. The lowest BCUT2D eigenvalue weighted by molar-refractivity contribution is -0.255. The molecule has 2 aromatic rings. The van der Waals surface area contributed by atoms with Crippen molar-refractivity contribution in [3.63, 3.8) is 0 Å². The van der Waals surface area contributed by atoms with Gasteiger partial charge in [-0.05, 0) is 59.6 Å². The van der Waals surface area contributed by atoms with E-state index in [1.807, 2.05) is 59.7 Å². The van der Waals surface area contributed by atoms with Gasteiger partial charge in [-0.2, -0.15) is 5.06 Å². The van der Waals surface area contributed by atoms with E-state index in [9.17, 15) is 9.77 Å². The van der Waals surface area contributed by atoms with Crippen molar-refractivity contribution in [2.24, 2.45) is 0 Å². The van der Waals surface area contributed by atoms with Gasteiger partial charge < -0.3 is 9.73 Å². The maximum absolute atomic E-state index is 14.2. The van der Waals surface area contributed by atoms with Gasteiger partial charge in [-0.15, -0.1) is 0 Å². The first kappa shape index (κ1) is 22.0. The SMILES string of the molecule is CCc1nc(C)cn1[P@@](=O)(Oc1ccccc1)OC1CC(C)(C)N(O)C(C)(C)C1. The third-order valence-electron chi connectivity index (χ3n) is 5.31. The molecule has 1 N–H and O–H groups in total. The quantitative estimate of drug-likeness (QED) is 0.645. The Labute approximate surface area is 173 Å². The highest BCUT2D eigenvalue weighted by Crippen LogP contribution is 2.54. The molecule has 0 radical (unpaired) electrons. The highest BCUT2D eigenvalue weighted by atomic mass is 31.2. The van der Waals surface area contributed by atoms with Gasteiger partial charge >= 0.3 is 7.75 Å². The van der Waals surface area contributed by atoms with Crippen molar-refractivity contribution in [3.05, 3.63) is 48.0 Å². The zero-order chi connectivity index (χ0) is 21.4. The van der Waals surface area contributed by atoms with E-state index in [2.05, 4.69) is 4.98 Å². The van der Waals surface area contributed by atoms with E-state index in [-0.39, 0.29) is 6.10 Å². The van der Waals surface area contributed by atoms with Gasteiger partial charge in [-0.3, -0.25) is 4.52 Å². The summed E-state index contributed by atoms with van der Waals surface area (Å²) in [6.45, 7) is 11.6. The summed E-state index contributed by atoms with van der Waals surface area (Å²) in [4.78, 5) is 4.48. The third kappa shape index (κ3) is 4.58. The highest BCUT2D eigenvalue weighted by molar-refractivity contribution is 7.52. The van der Waals surface area contributed by atoms with E-state index in [0.29, 0.717) is 30.8 Å². The Morgan fingerprint density at radius 3 is 2.31 bits per heavy atom. The lowest BCUT2D eigenvalue weighted by Crippen LogP contribution is -2.60. The van der Waals surface area contributed by atoms with Crippen molar-refractivity contribution < 1.29 is 18.8 Å². The molecule has 1 aliphatic heterocycles. The standard InChI is InChI=1S/C21H32N3O4P/c1-7-19-22-16(2)15-23(19)29(26,27-17-11-9-8-10-12-17)28-18-13-20(3,4)24(25)21(5,6)14-18/h8-12,15,18,25H,7,13-14H2,1-6H3/t29-/m1/s1. The summed E-state index contributed by atoms with van der Waals surface area (Å²) in [5, 5.41) is 12.0. The van der Waals surface area contributed by atoms with Crippen molar-refractivity contribution in [2.45, 2.75) is 78.0 Å². The molecule has 160 valence electrons. The molecule has 1 fully saturated rings.